The number of ether oxygens (including phenoxy) is 3. The van der Waals surface area contributed by atoms with E-state index in [1.807, 2.05) is 6.08 Å². The molecule has 6 N–H and O–H groups in total. The van der Waals surface area contributed by atoms with Crippen LogP contribution in [0.1, 0.15) is 290 Å². The summed E-state index contributed by atoms with van der Waals surface area (Å²) in [5, 5.41) is 54.2. The predicted octanol–water partition coefficient (Wildman–Crippen LogP) is 14.7. The SMILES string of the molecule is CCCCCC/C=C/CC/C=C/C(O)C(COC1OC(CO)C(O)C(O)C1O)NC(=O)CCCCCCCCCCC/C=C\CCCCCCCCCCCCCCOC(=O)CCCCCCCCCCCCC. The Kier molecular flexibility index (Phi) is 50.0. The summed E-state index contributed by atoms with van der Waals surface area (Å²) in [5.74, 6) is -0.194. The Morgan fingerprint density at radius 3 is 1.35 bits per heavy atom. The Morgan fingerprint density at radius 1 is 0.486 bits per heavy atom. The van der Waals surface area contributed by atoms with E-state index >= 15 is 0 Å². The van der Waals surface area contributed by atoms with Crippen LogP contribution in [0.2, 0.25) is 0 Å². The molecule has 7 unspecified atom stereocenters. The first kappa shape index (κ1) is 69.9. The topological polar surface area (TPSA) is 175 Å². The molecule has 1 fully saturated rings. The van der Waals surface area contributed by atoms with Crippen molar-refractivity contribution in [3.63, 3.8) is 0 Å². The van der Waals surface area contributed by atoms with Gasteiger partial charge in [-0.05, 0) is 70.6 Å². The molecule has 1 amide bonds. The van der Waals surface area contributed by atoms with E-state index in [4.69, 9.17) is 14.2 Å². The molecule has 0 aromatic rings. The van der Waals surface area contributed by atoms with Crippen molar-refractivity contribution in [3.05, 3.63) is 36.5 Å². The van der Waals surface area contributed by atoms with Gasteiger partial charge in [0.2, 0.25) is 5.91 Å². The van der Waals surface area contributed by atoms with Gasteiger partial charge in [0.05, 0.1) is 32.0 Å². The highest BCUT2D eigenvalue weighted by molar-refractivity contribution is 5.76. The number of allylic oxidation sites excluding steroid dienone is 5. The first-order chi connectivity index (χ1) is 36.2. The lowest BCUT2D eigenvalue weighted by Gasteiger charge is -2.40. The summed E-state index contributed by atoms with van der Waals surface area (Å²) in [6.45, 7) is 4.30. The second kappa shape index (κ2) is 52.9. The standard InChI is InChI=1S/C63H117NO10/c1-3-5-7-9-11-13-30-35-39-43-47-51-59(68)72-52-48-44-40-36-32-29-27-25-23-21-19-17-15-16-18-20-22-24-26-28-31-34-38-42-46-50-58(67)64-55(54-73-63-62(71)61(70)60(69)57(53-65)74-63)56(66)49-45-41-37-33-14-12-10-8-6-4-2/h14,16,18,33,45,49,55-57,60-63,65-66,69-71H,3-13,15,17,19-32,34-44,46-48,50-54H2,1-2H3,(H,64,67)/b18-16-,33-14+,49-45+. The molecule has 1 saturated heterocycles. The minimum absolute atomic E-state index is 0.00201. The fourth-order valence-corrected chi connectivity index (χ4v) is 9.74. The number of hydrogen-bond acceptors (Lipinski definition) is 10. The molecule has 0 radical (unpaired) electrons. The third-order valence-electron chi connectivity index (χ3n) is 14.7. The highest BCUT2D eigenvalue weighted by Gasteiger charge is 2.44. The molecule has 0 saturated carbocycles. The van der Waals surface area contributed by atoms with Crippen LogP contribution in [0.4, 0.5) is 0 Å². The molecule has 0 aromatic carbocycles. The molecule has 1 aliphatic rings. The van der Waals surface area contributed by atoms with E-state index in [0.717, 1.165) is 64.2 Å². The highest BCUT2D eigenvalue weighted by atomic mass is 16.7. The number of rotatable bonds is 54. The molecule has 434 valence electrons. The van der Waals surface area contributed by atoms with E-state index in [-0.39, 0.29) is 18.5 Å². The number of esters is 1. The quantitative estimate of drug-likeness (QED) is 0.0195. The Balaban J connectivity index is 2.01. The average Bonchev–Trinajstić information content (AvgIpc) is 3.40. The van der Waals surface area contributed by atoms with Gasteiger partial charge in [-0.3, -0.25) is 9.59 Å². The maximum Gasteiger partial charge on any atom is 0.305 e. The number of amides is 1. The summed E-state index contributed by atoms with van der Waals surface area (Å²) >= 11 is 0. The van der Waals surface area contributed by atoms with Gasteiger partial charge in [0, 0.05) is 12.8 Å². The highest BCUT2D eigenvalue weighted by Crippen LogP contribution is 2.23. The number of aliphatic hydroxyl groups excluding tert-OH is 5. The lowest BCUT2D eigenvalue weighted by molar-refractivity contribution is -0.302. The molecule has 11 nitrogen and oxygen atoms in total. The fourth-order valence-electron chi connectivity index (χ4n) is 9.74. The second-order valence-corrected chi connectivity index (χ2v) is 21.8. The van der Waals surface area contributed by atoms with Crippen LogP contribution in [-0.4, -0.2) is 100 Å². The van der Waals surface area contributed by atoms with E-state index in [1.54, 1.807) is 6.08 Å². The van der Waals surface area contributed by atoms with Crippen molar-refractivity contribution < 1.29 is 49.3 Å². The minimum atomic E-state index is -1.58. The van der Waals surface area contributed by atoms with Crippen LogP contribution >= 0.6 is 0 Å². The third kappa shape index (κ3) is 42.0. The summed E-state index contributed by atoms with van der Waals surface area (Å²) in [7, 11) is 0. The largest absolute Gasteiger partial charge is 0.466 e. The Bertz CT molecular complexity index is 1320. The summed E-state index contributed by atoms with van der Waals surface area (Å²) in [5.41, 5.74) is 0. The normalized spacial score (nSPS) is 19.0. The fraction of sp³-hybridized carbons (Fsp3) is 0.873. The Hall–Kier alpha value is -2.12. The number of aliphatic hydroxyl groups is 5. The van der Waals surface area contributed by atoms with Gasteiger partial charge in [0.15, 0.2) is 6.29 Å². The van der Waals surface area contributed by atoms with E-state index in [9.17, 15) is 35.1 Å². The van der Waals surface area contributed by atoms with Crippen molar-refractivity contribution >= 4 is 11.9 Å². The monoisotopic (exact) mass is 1050 g/mol. The Morgan fingerprint density at radius 2 is 0.878 bits per heavy atom. The maximum atomic E-state index is 13.0. The summed E-state index contributed by atoms with van der Waals surface area (Å²) in [4.78, 5) is 25.0. The smallest absolute Gasteiger partial charge is 0.305 e. The molecule has 11 heteroatoms. The van der Waals surface area contributed by atoms with Gasteiger partial charge in [-0.15, -0.1) is 0 Å². The number of nitrogens with one attached hydrogen (secondary N) is 1. The molecule has 0 spiro atoms. The van der Waals surface area contributed by atoms with Crippen molar-refractivity contribution in [2.24, 2.45) is 0 Å². The van der Waals surface area contributed by atoms with Gasteiger partial charge in [0.1, 0.15) is 24.4 Å². The van der Waals surface area contributed by atoms with Crippen LogP contribution in [0.25, 0.3) is 0 Å². The predicted molar refractivity (Wildman–Crippen MR) is 306 cm³/mol. The van der Waals surface area contributed by atoms with E-state index in [0.29, 0.717) is 19.4 Å². The van der Waals surface area contributed by atoms with E-state index in [2.05, 4.69) is 43.5 Å². The lowest BCUT2D eigenvalue weighted by Crippen LogP contribution is -2.60. The van der Waals surface area contributed by atoms with Crippen molar-refractivity contribution in [1.29, 1.82) is 0 Å². The number of hydrogen-bond donors (Lipinski definition) is 6. The maximum absolute atomic E-state index is 13.0. The van der Waals surface area contributed by atoms with Crippen LogP contribution in [0.5, 0.6) is 0 Å². The number of carbonyl (C=O) groups is 2. The van der Waals surface area contributed by atoms with Gasteiger partial charge in [-0.1, -0.05) is 243 Å². The van der Waals surface area contributed by atoms with Crippen LogP contribution in [0, 0.1) is 0 Å². The van der Waals surface area contributed by atoms with Crippen molar-refractivity contribution in [2.75, 3.05) is 19.8 Å². The van der Waals surface area contributed by atoms with Gasteiger partial charge >= 0.3 is 5.97 Å². The van der Waals surface area contributed by atoms with Crippen LogP contribution < -0.4 is 5.32 Å². The van der Waals surface area contributed by atoms with Crippen molar-refractivity contribution in [1.82, 2.24) is 5.32 Å². The molecule has 7 atom stereocenters. The zero-order valence-corrected chi connectivity index (χ0v) is 47.8. The lowest BCUT2D eigenvalue weighted by atomic mass is 9.99. The molecular formula is C63H117NO10. The third-order valence-corrected chi connectivity index (χ3v) is 14.7. The van der Waals surface area contributed by atoms with Crippen molar-refractivity contribution in [3.8, 4) is 0 Å². The summed E-state index contributed by atoms with van der Waals surface area (Å²) in [6, 6.07) is -0.828. The van der Waals surface area contributed by atoms with Gasteiger partial charge < -0.3 is 45.1 Å². The Labute approximate surface area is 453 Å². The first-order valence-corrected chi connectivity index (χ1v) is 31.3. The molecular weight excluding hydrogens is 931 g/mol. The number of unbranched alkanes of at least 4 members (excludes halogenated alkanes) is 36. The molecule has 0 bridgehead atoms. The summed E-state index contributed by atoms with van der Waals surface area (Å²) < 4.78 is 16.7. The molecule has 1 rings (SSSR count). The van der Waals surface area contributed by atoms with Gasteiger partial charge in [-0.25, -0.2) is 0 Å². The second-order valence-electron chi connectivity index (χ2n) is 21.8. The van der Waals surface area contributed by atoms with Crippen LogP contribution in [0.15, 0.2) is 36.5 Å². The molecule has 0 aliphatic carbocycles. The zero-order valence-electron chi connectivity index (χ0n) is 47.8. The van der Waals surface area contributed by atoms with Crippen LogP contribution in [-0.2, 0) is 23.8 Å². The molecule has 74 heavy (non-hydrogen) atoms. The number of carbonyl (C=O) groups excluding carboxylic acids is 2. The average molecular weight is 1050 g/mol. The van der Waals surface area contributed by atoms with E-state index in [1.165, 1.54) is 199 Å². The summed E-state index contributed by atoms with van der Waals surface area (Å²) in [6.07, 6.45) is 55.5. The molecule has 1 aliphatic heterocycles. The first-order valence-electron chi connectivity index (χ1n) is 31.3. The van der Waals surface area contributed by atoms with Crippen LogP contribution in [0.3, 0.4) is 0 Å². The minimum Gasteiger partial charge on any atom is -0.466 e. The van der Waals surface area contributed by atoms with Gasteiger partial charge in [0.25, 0.3) is 0 Å². The van der Waals surface area contributed by atoms with Gasteiger partial charge in [-0.2, -0.15) is 0 Å². The van der Waals surface area contributed by atoms with Crippen molar-refractivity contribution in [2.45, 2.75) is 333 Å². The molecule has 1 heterocycles. The molecule has 0 aromatic heterocycles. The van der Waals surface area contributed by atoms with E-state index < -0.39 is 49.5 Å². The zero-order chi connectivity index (χ0) is 53.8.